The fourth-order valence-electron chi connectivity index (χ4n) is 2.49. The predicted octanol–water partition coefficient (Wildman–Crippen LogP) is 1.36. The molecule has 2 atom stereocenters. The summed E-state index contributed by atoms with van der Waals surface area (Å²) >= 11 is 0. The Hall–Kier alpha value is -1.06. The molecule has 2 rings (SSSR count). The summed E-state index contributed by atoms with van der Waals surface area (Å²) in [7, 11) is 0. The average Bonchev–Trinajstić information content (AvgIpc) is 2.87. The molecule has 2 aliphatic rings. The molecular weight excluding hydrogens is 206 g/mol. The summed E-state index contributed by atoms with van der Waals surface area (Å²) < 4.78 is 0. The Labute approximate surface area is 95.6 Å². The van der Waals surface area contributed by atoms with Crippen molar-refractivity contribution in [3.63, 3.8) is 0 Å². The van der Waals surface area contributed by atoms with Crippen LogP contribution < -0.4 is 0 Å². The number of carbonyl (C=O) groups is 2. The largest absolute Gasteiger partial charge is 0.481 e. The van der Waals surface area contributed by atoms with Crippen LogP contribution in [0.25, 0.3) is 0 Å². The van der Waals surface area contributed by atoms with Gasteiger partial charge in [-0.05, 0) is 24.7 Å². The van der Waals surface area contributed by atoms with E-state index in [1.165, 1.54) is 0 Å². The lowest BCUT2D eigenvalue weighted by molar-refractivity contribution is -0.146. The van der Waals surface area contributed by atoms with Gasteiger partial charge in [-0.1, -0.05) is 13.8 Å². The van der Waals surface area contributed by atoms with Crippen molar-refractivity contribution >= 4 is 11.9 Å². The van der Waals surface area contributed by atoms with E-state index in [9.17, 15) is 9.59 Å². The number of carboxylic acid groups (broad SMARTS) is 1. The summed E-state index contributed by atoms with van der Waals surface area (Å²) in [6.07, 6.45) is 2.46. The molecule has 1 aliphatic heterocycles. The van der Waals surface area contributed by atoms with Crippen LogP contribution in [0.1, 0.15) is 33.1 Å². The molecule has 4 nitrogen and oxygen atoms in total. The molecule has 1 saturated carbocycles. The first-order chi connectivity index (χ1) is 7.42. The Bertz CT molecular complexity index is 324. The lowest BCUT2D eigenvalue weighted by Gasteiger charge is -2.31. The highest BCUT2D eigenvalue weighted by molar-refractivity contribution is 5.83. The fraction of sp³-hybridized carbons (Fsp3) is 0.833. The van der Waals surface area contributed by atoms with Crippen molar-refractivity contribution in [1.82, 2.24) is 4.90 Å². The van der Waals surface area contributed by atoms with E-state index in [4.69, 9.17) is 5.11 Å². The number of carbonyl (C=O) groups excluding carboxylic acids is 1. The number of hydrogen-bond acceptors (Lipinski definition) is 2. The van der Waals surface area contributed by atoms with Crippen LogP contribution in [0.3, 0.4) is 0 Å². The van der Waals surface area contributed by atoms with Crippen molar-refractivity contribution in [3.8, 4) is 0 Å². The van der Waals surface area contributed by atoms with Crippen LogP contribution in [-0.2, 0) is 9.59 Å². The number of likely N-dealkylation sites (tertiary alicyclic amines) is 1. The highest BCUT2D eigenvalue weighted by Crippen LogP contribution is 2.52. The second-order valence-corrected chi connectivity index (χ2v) is 5.71. The van der Waals surface area contributed by atoms with Gasteiger partial charge >= 0.3 is 5.97 Å². The van der Waals surface area contributed by atoms with Gasteiger partial charge in [-0.15, -0.1) is 0 Å². The van der Waals surface area contributed by atoms with Gasteiger partial charge in [-0.25, -0.2) is 0 Å². The monoisotopic (exact) mass is 225 g/mol. The summed E-state index contributed by atoms with van der Waals surface area (Å²) in [5, 5.41) is 8.96. The number of hydrogen-bond donors (Lipinski definition) is 1. The van der Waals surface area contributed by atoms with Crippen LogP contribution in [0.4, 0.5) is 0 Å². The standard InChI is InChI=1S/C12H19NO3/c1-12(2)6-9(12)10(14)13-5-3-4-8(7-13)11(15)16/h8-9H,3-7H2,1-2H3,(H,15,16)/t8-,9?/m0/s1. The molecule has 2 fully saturated rings. The van der Waals surface area contributed by atoms with Crippen LogP contribution in [0.2, 0.25) is 0 Å². The molecule has 0 spiro atoms. The molecule has 0 radical (unpaired) electrons. The third kappa shape index (κ3) is 2.06. The van der Waals surface area contributed by atoms with Gasteiger partial charge in [0.25, 0.3) is 0 Å². The maximum atomic E-state index is 12.1. The highest BCUT2D eigenvalue weighted by Gasteiger charge is 2.52. The van der Waals surface area contributed by atoms with Crippen LogP contribution in [0.5, 0.6) is 0 Å². The van der Waals surface area contributed by atoms with Gasteiger partial charge in [0.2, 0.25) is 5.91 Å². The number of carboxylic acids is 1. The molecule has 0 bridgehead atoms. The molecule has 0 aromatic carbocycles. The van der Waals surface area contributed by atoms with E-state index < -0.39 is 5.97 Å². The predicted molar refractivity (Wildman–Crippen MR) is 58.8 cm³/mol. The Morgan fingerprint density at radius 3 is 2.50 bits per heavy atom. The Morgan fingerprint density at radius 1 is 1.38 bits per heavy atom. The Kier molecular flexibility index (Phi) is 2.68. The molecule has 1 saturated heterocycles. The van der Waals surface area contributed by atoms with Crippen LogP contribution in [0.15, 0.2) is 0 Å². The van der Waals surface area contributed by atoms with Gasteiger partial charge < -0.3 is 10.0 Å². The van der Waals surface area contributed by atoms with E-state index in [0.29, 0.717) is 13.0 Å². The average molecular weight is 225 g/mol. The molecular formula is C12H19NO3. The van der Waals surface area contributed by atoms with E-state index in [0.717, 1.165) is 19.4 Å². The Balaban J connectivity index is 1.95. The first-order valence-corrected chi connectivity index (χ1v) is 5.93. The van der Waals surface area contributed by atoms with Crippen LogP contribution in [0, 0.1) is 17.3 Å². The highest BCUT2D eigenvalue weighted by atomic mass is 16.4. The topological polar surface area (TPSA) is 57.6 Å². The molecule has 1 N–H and O–H groups in total. The fourth-order valence-corrected chi connectivity index (χ4v) is 2.49. The summed E-state index contributed by atoms with van der Waals surface area (Å²) in [5.41, 5.74) is 0.132. The van der Waals surface area contributed by atoms with Crippen molar-refractivity contribution in [3.05, 3.63) is 0 Å². The zero-order chi connectivity index (χ0) is 11.9. The van der Waals surface area contributed by atoms with Crippen molar-refractivity contribution in [1.29, 1.82) is 0 Å². The van der Waals surface area contributed by atoms with E-state index in [1.54, 1.807) is 4.90 Å². The third-order valence-electron chi connectivity index (χ3n) is 3.89. The molecule has 0 aromatic heterocycles. The lowest BCUT2D eigenvalue weighted by atomic mass is 9.97. The minimum absolute atomic E-state index is 0.125. The van der Waals surface area contributed by atoms with Gasteiger partial charge in [0.15, 0.2) is 0 Å². The molecule has 1 aliphatic carbocycles. The number of nitrogens with zero attached hydrogens (tertiary/aromatic N) is 1. The molecule has 16 heavy (non-hydrogen) atoms. The first kappa shape index (κ1) is 11.4. The van der Waals surface area contributed by atoms with Crippen molar-refractivity contribution in [2.24, 2.45) is 17.3 Å². The normalized spacial score (nSPS) is 32.2. The number of aliphatic carboxylic acids is 1. The molecule has 1 heterocycles. The second-order valence-electron chi connectivity index (χ2n) is 5.71. The van der Waals surface area contributed by atoms with E-state index >= 15 is 0 Å². The maximum Gasteiger partial charge on any atom is 0.308 e. The number of amides is 1. The van der Waals surface area contributed by atoms with Gasteiger partial charge in [-0.3, -0.25) is 9.59 Å². The van der Waals surface area contributed by atoms with Crippen LogP contribution in [-0.4, -0.2) is 35.0 Å². The summed E-state index contributed by atoms with van der Waals surface area (Å²) in [6, 6.07) is 0. The second kappa shape index (κ2) is 3.75. The third-order valence-corrected chi connectivity index (χ3v) is 3.89. The van der Waals surface area contributed by atoms with Crippen LogP contribution >= 0.6 is 0 Å². The van der Waals surface area contributed by atoms with Gasteiger partial charge in [0.1, 0.15) is 0 Å². The smallest absolute Gasteiger partial charge is 0.308 e. The maximum absolute atomic E-state index is 12.1. The summed E-state index contributed by atoms with van der Waals surface area (Å²) in [4.78, 5) is 24.7. The lowest BCUT2D eigenvalue weighted by Crippen LogP contribution is -2.43. The van der Waals surface area contributed by atoms with Gasteiger partial charge in [0.05, 0.1) is 5.92 Å². The molecule has 0 aromatic rings. The van der Waals surface area contributed by atoms with Crippen molar-refractivity contribution in [2.45, 2.75) is 33.1 Å². The van der Waals surface area contributed by atoms with Crippen molar-refractivity contribution in [2.75, 3.05) is 13.1 Å². The molecule has 4 heteroatoms. The summed E-state index contributed by atoms with van der Waals surface area (Å²) in [5.74, 6) is -0.844. The minimum Gasteiger partial charge on any atom is -0.481 e. The van der Waals surface area contributed by atoms with Gasteiger partial charge in [0, 0.05) is 19.0 Å². The van der Waals surface area contributed by atoms with E-state index in [-0.39, 0.29) is 23.2 Å². The number of piperidine rings is 1. The summed E-state index contributed by atoms with van der Waals surface area (Å²) in [6.45, 7) is 5.32. The number of rotatable bonds is 2. The van der Waals surface area contributed by atoms with Gasteiger partial charge in [-0.2, -0.15) is 0 Å². The zero-order valence-electron chi connectivity index (χ0n) is 9.90. The molecule has 1 amide bonds. The minimum atomic E-state index is -0.771. The molecule has 90 valence electrons. The van der Waals surface area contributed by atoms with Crippen molar-refractivity contribution < 1.29 is 14.7 Å². The first-order valence-electron chi connectivity index (χ1n) is 5.93. The SMILES string of the molecule is CC1(C)CC1C(=O)N1CCC[C@H](C(=O)O)C1. The molecule has 1 unspecified atom stereocenters. The van der Waals surface area contributed by atoms with E-state index in [2.05, 4.69) is 13.8 Å². The van der Waals surface area contributed by atoms with E-state index in [1.807, 2.05) is 0 Å². The Morgan fingerprint density at radius 2 is 2.00 bits per heavy atom. The quantitative estimate of drug-likeness (QED) is 0.772. The zero-order valence-corrected chi connectivity index (χ0v) is 9.90.